The van der Waals surface area contributed by atoms with E-state index in [1.807, 2.05) is 6.07 Å². The summed E-state index contributed by atoms with van der Waals surface area (Å²) in [7, 11) is 0. The third-order valence-electron chi connectivity index (χ3n) is 1.54. The van der Waals surface area contributed by atoms with Gasteiger partial charge in [0.25, 0.3) is 0 Å². The molecule has 1 radical (unpaired) electrons. The molecule has 0 fully saturated rings. The van der Waals surface area contributed by atoms with Gasteiger partial charge in [0, 0.05) is 18.5 Å². The Morgan fingerprint density at radius 2 is 2.00 bits per heavy atom. The second-order valence-corrected chi connectivity index (χ2v) is 2.96. The van der Waals surface area contributed by atoms with Gasteiger partial charge in [-0.05, 0) is 12.1 Å². The van der Waals surface area contributed by atoms with Gasteiger partial charge in [-0.15, -0.1) is 12.6 Å². The first-order chi connectivity index (χ1) is 6.86. The average molecular weight is 203 g/mol. The molecule has 0 bridgehead atoms. The minimum absolute atomic E-state index is 0.308. The molecule has 2 rings (SSSR count). The Labute approximate surface area is 87.2 Å². The van der Waals surface area contributed by atoms with E-state index in [9.17, 15) is 0 Å². The maximum atomic E-state index is 5.38. The van der Waals surface area contributed by atoms with Crippen LogP contribution >= 0.6 is 12.6 Å². The average Bonchev–Trinajstić information content (AvgIpc) is 2.23. The van der Waals surface area contributed by atoms with E-state index in [2.05, 4.69) is 28.7 Å². The van der Waals surface area contributed by atoms with Gasteiger partial charge in [-0.2, -0.15) is 0 Å². The van der Waals surface area contributed by atoms with Gasteiger partial charge in [-0.25, -0.2) is 9.97 Å². The number of hydrogen-bond acceptors (Lipinski definition) is 4. The molecule has 69 valence electrons. The van der Waals surface area contributed by atoms with Gasteiger partial charge in [0.05, 0.1) is 4.90 Å². The van der Waals surface area contributed by atoms with Crippen molar-refractivity contribution < 1.29 is 4.74 Å². The first kappa shape index (κ1) is 9.02. The summed E-state index contributed by atoms with van der Waals surface area (Å²) >= 11 is 4.19. The standard InChI is InChI=1S/C10H7N2OS/c14-9-5-2-1-4-8(9)13-10-11-6-3-7-12-10/h1-4,6-7,14H. The van der Waals surface area contributed by atoms with Crippen LogP contribution < -0.4 is 4.74 Å². The smallest absolute Gasteiger partial charge is 0.321 e. The summed E-state index contributed by atoms with van der Waals surface area (Å²) in [5.41, 5.74) is 0. The number of thiol groups is 1. The number of hydrogen-bond donors (Lipinski definition) is 1. The van der Waals surface area contributed by atoms with Crippen molar-refractivity contribution in [2.45, 2.75) is 4.90 Å². The molecule has 1 aromatic carbocycles. The highest BCUT2D eigenvalue weighted by molar-refractivity contribution is 7.80. The number of rotatable bonds is 2. The van der Waals surface area contributed by atoms with E-state index >= 15 is 0 Å². The third-order valence-corrected chi connectivity index (χ3v) is 1.89. The molecule has 0 aliphatic rings. The second kappa shape index (κ2) is 4.11. The summed E-state index contributed by atoms with van der Waals surface area (Å²) in [5.74, 6) is 0.599. The number of benzene rings is 1. The van der Waals surface area contributed by atoms with E-state index < -0.39 is 0 Å². The monoisotopic (exact) mass is 203 g/mol. The molecule has 0 aliphatic heterocycles. The lowest BCUT2D eigenvalue weighted by Gasteiger charge is -2.04. The molecule has 3 nitrogen and oxygen atoms in total. The quantitative estimate of drug-likeness (QED) is 0.761. The molecular weight excluding hydrogens is 196 g/mol. The van der Waals surface area contributed by atoms with Crippen LogP contribution in [0.4, 0.5) is 0 Å². The second-order valence-electron chi connectivity index (χ2n) is 2.52. The van der Waals surface area contributed by atoms with Crippen molar-refractivity contribution in [2.24, 2.45) is 0 Å². The van der Waals surface area contributed by atoms with E-state index in [0.717, 1.165) is 0 Å². The lowest BCUT2D eigenvalue weighted by Crippen LogP contribution is -1.90. The van der Waals surface area contributed by atoms with Crippen LogP contribution in [0.25, 0.3) is 0 Å². The largest absolute Gasteiger partial charge is 0.423 e. The molecule has 14 heavy (non-hydrogen) atoms. The van der Waals surface area contributed by atoms with Crippen molar-refractivity contribution in [3.05, 3.63) is 42.7 Å². The molecule has 0 atom stereocenters. The summed E-state index contributed by atoms with van der Waals surface area (Å²) in [6.07, 6.45) is 3.24. The van der Waals surface area contributed by atoms with Crippen molar-refractivity contribution in [1.82, 2.24) is 9.97 Å². The van der Waals surface area contributed by atoms with Crippen LogP contribution in [0.1, 0.15) is 0 Å². The van der Waals surface area contributed by atoms with Gasteiger partial charge in [0.15, 0.2) is 0 Å². The molecule has 0 saturated carbocycles. The highest BCUT2D eigenvalue weighted by Crippen LogP contribution is 2.24. The maximum absolute atomic E-state index is 5.38. The first-order valence-corrected chi connectivity index (χ1v) is 4.45. The van der Waals surface area contributed by atoms with Crippen molar-refractivity contribution in [2.75, 3.05) is 0 Å². The van der Waals surface area contributed by atoms with E-state index in [1.54, 1.807) is 30.6 Å². The Balaban J connectivity index is 2.24. The Hall–Kier alpha value is -1.55. The highest BCUT2D eigenvalue weighted by Gasteiger charge is 2.01. The van der Waals surface area contributed by atoms with Crippen LogP contribution in [-0.2, 0) is 0 Å². The zero-order chi connectivity index (χ0) is 9.80. The predicted octanol–water partition coefficient (Wildman–Crippen LogP) is 2.36. The topological polar surface area (TPSA) is 35.0 Å². The van der Waals surface area contributed by atoms with Crippen LogP contribution in [0.5, 0.6) is 11.8 Å². The van der Waals surface area contributed by atoms with Crippen LogP contribution in [0.15, 0.2) is 41.6 Å². The number of nitrogens with zero attached hydrogens (tertiary/aromatic N) is 2. The Kier molecular flexibility index (Phi) is 2.65. The zero-order valence-electron chi connectivity index (χ0n) is 7.21. The number of ether oxygens (including phenoxy) is 1. The van der Waals surface area contributed by atoms with Crippen LogP contribution in [0.2, 0.25) is 0 Å². The maximum Gasteiger partial charge on any atom is 0.321 e. The molecule has 0 unspecified atom stereocenters. The van der Waals surface area contributed by atoms with Gasteiger partial charge in [-0.3, -0.25) is 0 Å². The lowest BCUT2D eigenvalue weighted by molar-refractivity contribution is 0.432. The van der Waals surface area contributed by atoms with Crippen LogP contribution in [0.3, 0.4) is 0 Å². The van der Waals surface area contributed by atoms with E-state index in [0.29, 0.717) is 16.7 Å². The Morgan fingerprint density at radius 1 is 1.21 bits per heavy atom. The summed E-state index contributed by atoms with van der Waals surface area (Å²) in [5, 5.41) is 0. The molecule has 0 aliphatic carbocycles. The van der Waals surface area contributed by atoms with Gasteiger partial charge in [0.2, 0.25) is 0 Å². The number of aromatic nitrogens is 2. The molecular formula is C10H7N2OS. The minimum atomic E-state index is 0.308. The van der Waals surface area contributed by atoms with Crippen molar-refractivity contribution in [1.29, 1.82) is 0 Å². The fourth-order valence-corrected chi connectivity index (χ4v) is 1.13. The van der Waals surface area contributed by atoms with Gasteiger partial charge in [-0.1, -0.05) is 12.1 Å². The minimum Gasteiger partial charge on any atom is -0.423 e. The molecule has 4 heteroatoms. The van der Waals surface area contributed by atoms with Crippen molar-refractivity contribution in [3.8, 4) is 11.8 Å². The van der Waals surface area contributed by atoms with Gasteiger partial charge < -0.3 is 4.74 Å². The normalized spacial score (nSPS) is 9.79. The Bertz CT molecular complexity index is 419. The highest BCUT2D eigenvalue weighted by atomic mass is 32.1. The van der Waals surface area contributed by atoms with Crippen molar-refractivity contribution >= 4 is 12.6 Å². The summed E-state index contributed by atoms with van der Waals surface area (Å²) in [4.78, 5) is 8.51. The predicted molar refractivity (Wildman–Crippen MR) is 54.6 cm³/mol. The molecule has 1 aromatic heterocycles. The molecule has 0 amide bonds. The lowest BCUT2D eigenvalue weighted by atomic mass is 10.3. The summed E-state index contributed by atoms with van der Waals surface area (Å²) < 4.78 is 5.38. The van der Waals surface area contributed by atoms with E-state index in [4.69, 9.17) is 4.74 Å². The molecule has 0 N–H and O–H groups in total. The molecule has 1 heterocycles. The van der Waals surface area contributed by atoms with Crippen LogP contribution in [-0.4, -0.2) is 9.97 Å². The molecule has 0 spiro atoms. The summed E-state index contributed by atoms with van der Waals surface area (Å²) in [6.45, 7) is 0. The van der Waals surface area contributed by atoms with Crippen LogP contribution in [0, 0.1) is 6.07 Å². The summed E-state index contributed by atoms with van der Waals surface area (Å²) in [6, 6.07) is 10.3. The fourth-order valence-electron chi connectivity index (χ4n) is 0.931. The van der Waals surface area contributed by atoms with E-state index in [1.165, 1.54) is 0 Å². The van der Waals surface area contributed by atoms with Crippen molar-refractivity contribution in [3.63, 3.8) is 0 Å². The first-order valence-electron chi connectivity index (χ1n) is 4.01. The van der Waals surface area contributed by atoms with Gasteiger partial charge >= 0.3 is 6.01 Å². The zero-order valence-corrected chi connectivity index (χ0v) is 8.11. The molecule has 2 aromatic rings. The molecule has 0 saturated heterocycles. The SMILES string of the molecule is Sc1[c]cccc1Oc1ncccn1. The van der Waals surface area contributed by atoms with E-state index in [-0.39, 0.29) is 0 Å². The fraction of sp³-hybridized carbons (Fsp3) is 0. The third kappa shape index (κ3) is 2.03. The Morgan fingerprint density at radius 3 is 2.71 bits per heavy atom. The van der Waals surface area contributed by atoms with Gasteiger partial charge in [0.1, 0.15) is 5.75 Å².